The zero-order valence-electron chi connectivity index (χ0n) is 14.4. The van der Waals surface area contributed by atoms with Crippen LogP contribution in [0.25, 0.3) is 0 Å². The van der Waals surface area contributed by atoms with Crippen molar-refractivity contribution >= 4 is 11.7 Å². The number of amides is 2. The molecule has 1 fully saturated rings. The highest BCUT2D eigenvalue weighted by molar-refractivity contribution is 5.89. The minimum atomic E-state index is -0.151. The number of carbonyl (C=O) groups is 1. The number of H-pyrrole nitrogens is 1. The van der Waals surface area contributed by atoms with Gasteiger partial charge < -0.3 is 19.9 Å². The third kappa shape index (κ3) is 4.17. The molecule has 1 aromatic heterocycles. The Balaban J connectivity index is 1.67. The number of urea groups is 1. The van der Waals surface area contributed by atoms with Crippen LogP contribution in [0.4, 0.5) is 10.5 Å². The van der Waals surface area contributed by atoms with Crippen molar-refractivity contribution in [2.24, 2.45) is 0 Å². The van der Waals surface area contributed by atoms with E-state index in [-0.39, 0.29) is 17.5 Å². The van der Waals surface area contributed by atoms with Gasteiger partial charge in [-0.2, -0.15) is 0 Å². The zero-order valence-corrected chi connectivity index (χ0v) is 14.4. The Kier molecular flexibility index (Phi) is 5.02. The number of hydrogen-bond donors (Lipinski definition) is 2. The van der Waals surface area contributed by atoms with Crippen molar-refractivity contribution in [1.29, 1.82) is 0 Å². The number of rotatable bonds is 3. The van der Waals surface area contributed by atoms with Crippen molar-refractivity contribution in [2.45, 2.75) is 25.7 Å². The Morgan fingerprint density at radius 1 is 1.36 bits per heavy atom. The molecule has 1 aliphatic heterocycles. The van der Waals surface area contributed by atoms with Crippen LogP contribution in [0.2, 0.25) is 0 Å². The first-order valence-electron chi connectivity index (χ1n) is 8.33. The molecule has 132 valence electrons. The number of nitrogens with one attached hydrogen (secondary N) is 2. The fourth-order valence-electron chi connectivity index (χ4n) is 3.09. The van der Waals surface area contributed by atoms with E-state index < -0.39 is 0 Å². The SMILES string of the molecule is COc1ccc(NC(=O)N2CCC[C@H](c3cc(=O)[nH]c(C)n3)C2)cc1. The van der Waals surface area contributed by atoms with Gasteiger partial charge in [0.25, 0.3) is 5.56 Å². The van der Waals surface area contributed by atoms with Gasteiger partial charge in [-0.1, -0.05) is 0 Å². The molecule has 1 aromatic carbocycles. The number of aromatic amines is 1. The maximum Gasteiger partial charge on any atom is 0.321 e. The summed E-state index contributed by atoms with van der Waals surface area (Å²) in [4.78, 5) is 33.0. The maximum atomic E-state index is 12.5. The molecule has 1 saturated heterocycles. The van der Waals surface area contributed by atoms with Crippen molar-refractivity contribution in [2.75, 3.05) is 25.5 Å². The van der Waals surface area contributed by atoms with E-state index in [2.05, 4.69) is 15.3 Å². The Morgan fingerprint density at radius 3 is 2.80 bits per heavy atom. The van der Waals surface area contributed by atoms with Crippen molar-refractivity contribution in [1.82, 2.24) is 14.9 Å². The third-order valence-corrected chi connectivity index (χ3v) is 4.35. The lowest BCUT2D eigenvalue weighted by molar-refractivity contribution is 0.192. The summed E-state index contributed by atoms with van der Waals surface area (Å²) in [5.74, 6) is 1.42. The molecular weight excluding hydrogens is 320 g/mol. The lowest BCUT2D eigenvalue weighted by Gasteiger charge is -2.32. The lowest BCUT2D eigenvalue weighted by Crippen LogP contribution is -2.42. The fourth-order valence-corrected chi connectivity index (χ4v) is 3.09. The summed E-state index contributed by atoms with van der Waals surface area (Å²) in [5.41, 5.74) is 1.32. The number of anilines is 1. The third-order valence-electron chi connectivity index (χ3n) is 4.35. The second kappa shape index (κ2) is 7.38. The van der Waals surface area contributed by atoms with Crippen molar-refractivity contribution < 1.29 is 9.53 Å². The number of benzene rings is 1. The van der Waals surface area contributed by atoms with Crippen molar-refractivity contribution in [3.05, 3.63) is 52.2 Å². The number of nitrogens with zero attached hydrogens (tertiary/aromatic N) is 2. The molecule has 2 aromatic rings. The highest BCUT2D eigenvalue weighted by Crippen LogP contribution is 2.25. The van der Waals surface area contributed by atoms with Gasteiger partial charge in [-0.3, -0.25) is 4.79 Å². The van der Waals surface area contributed by atoms with Crippen LogP contribution in [0.15, 0.2) is 35.1 Å². The van der Waals surface area contributed by atoms with Gasteiger partial charge in [0.05, 0.1) is 12.8 Å². The minimum Gasteiger partial charge on any atom is -0.497 e. The van der Waals surface area contributed by atoms with Crippen LogP contribution in [-0.2, 0) is 0 Å². The quantitative estimate of drug-likeness (QED) is 0.897. The van der Waals surface area contributed by atoms with Gasteiger partial charge in [-0.15, -0.1) is 0 Å². The summed E-state index contributed by atoms with van der Waals surface area (Å²) >= 11 is 0. The summed E-state index contributed by atoms with van der Waals surface area (Å²) in [6.07, 6.45) is 1.80. The number of likely N-dealkylation sites (tertiary alicyclic amines) is 1. The number of piperidine rings is 1. The topological polar surface area (TPSA) is 87.3 Å². The normalized spacial score (nSPS) is 17.2. The van der Waals surface area contributed by atoms with Crippen LogP contribution in [-0.4, -0.2) is 41.1 Å². The predicted molar refractivity (Wildman–Crippen MR) is 95.2 cm³/mol. The second-order valence-corrected chi connectivity index (χ2v) is 6.20. The van der Waals surface area contributed by atoms with Crippen molar-refractivity contribution in [3.63, 3.8) is 0 Å². The molecule has 2 N–H and O–H groups in total. The molecule has 7 nitrogen and oxygen atoms in total. The standard InChI is InChI=1S/C18H22N4O3/c1-12-19-16(10-17(23)20-12)13-4-3-9-22(11-13)18(24)21-14-5-7-15(25-2)8-6-14/h5-8,10,13H,3-4,9,11H2,1-2H3,(H,21,24)(H,19,20,23)/t13-/m0/s1. The first-order valence-corrected chi connectivity index (χ1v) is 8.33. The van der Waals surface area contributed by atoms with E-state index in [4.69, 9.17) is 4.74 Å². The first kappa shape index (κ1) is 17.0. The molecule has 7 heteroatoms. The number of aromatic nitrogens is 2. The molecular formula is C18H22N4O3. The van der Waals surface area contributed by atoms with Gasteiger partial charge in [-0.05, 0) is 44.0 Å². The predicted octanol–water partition coefficient (Wildman–Crippen LogP) is 2.50. The molecule has 0 bridgehead atoms. The highest BCUT2D eigenvalue weighted by Gasteiger charge is 2.26. The van der Waals surface area contributed by atoms with Crippen LogP contribution < -0.4 is 15.6 Å². The number of aryl methyl sites for hydroxylation is 1. The summed E-state index contributed by atoms with van der Waals surface area (Å²) in [6.45, 7) is 3.01. The number of carbonyl (C=O) groups excluding carboxylic acids is 1. The average Bonchev–Trinajstić information content (AvgIpc) is 2.61. The largest absolute Gasteiger partial charge is 0.497 e. The smallest absolute Gasteiger partial charge is 0.321 e. The van der Waals surface area contributed by atoms with Gasteiger partial charge in [-0.25, -0.2) is 9.78 Å². The Hall–Kier alpha value is -2.83. The molecule has 0 saturated carbocycles. The second-order valence-electron chi connectivity index (χ2n) is 6.20. The van der Waals surface area contributed by atoms with Gasteiger partial charge >= 0.3 is 6.03 Å². The van der Waals surface area contributed by atoms with Crippen molar-refractivity contribution in [3.8, 4) is 5.75 Å². The fraction of sp³-hybridized carbons (Fsp3) is 0.389. The molecule has 2 heterocycles. The molecule has 0 spiro atoms. The van der Waals surface area contributed by atoms with E-state index in [0.29, 0.717) is 18.9 Å². The number of ether oxygens (including phenoxy) is 1. The van der Waals surface area contributed by atoms with Crippen LogP contribution in [0.5, 0.6) is 5.75 Å². The Bertz CT molecular complexity index is 801. The molecule has 1 aliphatic rings. The van der Waals surface area contributed by atoms with Gasteiger partial charge in [0.15, 0.2) is 0 Å². The van der Waals surface area contributed by atoms with Gasteiger partial charge in [0, 0.05) is 30.8 Å². The van der Waals surface area contributed by atoms with Crippen LogP contribution in [0.1, 0.15) is 30.3 Å². The molecule has 25 heavy (non-hydrogen) atoms. The molecule has 0 aliphatic carbocycles. The average molecular weight is 342 g/mol. The Labute approximate surface area is 146 Å². The maximum absolute atomic E-state index is 12.5. The van der Waals surface area contributed by atoms with Gasteiger partial charge in [0.2, 0.25) is 0 Å². The lowest BCUT2D eigenvalue weighted by atomic mass is 9.94. The minimum absolute atomic E-state index is 0.0800. The monoisotopic (exact) mass is 342 g/mol. The van der Waals surface area contributed by atoms with E-state index in [1.807, 2.05) is 0 Å². The number of methoxy groups -OCH3 is 1. The van der Waals surface area contributed by atoms with E-state index in [1.165, 1.54) is 6.07 Å². The van der Waals surface area contributed by atoms with E-state index in [1.54, 1.807) is 43.2 Å². The highest BCUT2D eigenvalue weighted by atomic mass is 16.5. The van der Waals surface area contributed by atoms with Crippen LogP contribution in [0.3, 0.4) is 0 Å². The zero-order chi connectivity index (χ0) is 17.8. The first-order chi connectivity index (χ1) is 12.0. The molecule has 0 unspecified atom stereocenters. The Morgan fingerprint density at radius 2 is 2.12 bits per heavy atom. The van der Waals surface area contributed by atoms with E-state index in [9.17, 15) is 9.59 Å². The van der Waals surface area contributed by atoms with Crippen LogP contribution >= 0.6 is 0 Å². The summed E-state index contributed by atoms with van der Waals surface area (Å²) in [6, 6.07) is 8.61. The molecule has 0 radical (unpaired) electrons. The molecule has 3 rings (SSSR count). The summed E-state index contributed by atoms with van der Waals surface area (Å²) in [7, 11) is 1.60. The number of hydrogen-bond acceptors (Lipinski definition) is 4. The van der Waals surface area contributed by atoms with Gasteiger partial charge in [0.1, 0.15) is 11.6 Å². The molecule has 1 atom stereocenters. The summed E-state index contributed by atoms with van der Waals surface area (Å²) < 4.78 is 5.11. The van der Waals surface area contributed by atoms with E-state index in [0.717, 1.165) is 30.0 Å². The molecule has 2 amide bonds. The van der Waals surface area contributed by atoms with Crippen LogP contribution in [0, 0.1) is 6.92 Å². The van der Waals surface area contributed by atoms with E-state index >= 15 is 0 Å². The summed E-state index contributed by atoms with van der Waals surface area (Å²) in [5, 5.41) is 2.90.